The Hall–Kier alpha value is -3.81. The molecule has 0 fully saturated rings. The van der Waals surface area contributed by atoms with Gasteiger partial charge < -0.3 is 14.5 Å². The van der Waals surface area contributed by atoms with Crippen molar-refractivity contribution in [2.75, 3.05) is 7.11 Å². The van der Waals surface area contributed by atoms with Gasteiger partial charge in [0.1, 0.15) is 17.6 Å². The van der Waals surface area contributed by atoms with Gasteiger partial charge in [0.2, 0.25) is 5.76 Å². The minimum atomic E-state index is -1.20. The Kier molecular flexibility index (Phi) is 6.36. The van der Waals surface area contributed by atoms with Gasteiger partial charge in [0.25, 0.3) is 11.7 Å². The number of ketones is 1. The molecule has 1 heterocycles. The number of Topliss-reactive ketones (excluding diaryl/α,β-unsaturated/α-hetero) is 1. The van der Waals surface area contributed by atoms with Gasteiger partial charge >= 0.3 is 5.97 Å². The first-order valence-electron chi connectivity index (χ1n) is 9.10. The van der Waals surface area contributed by atoms with E-state index < -0.39 is 29.5 Å². The Morgan fingerprint density at radius 2 is 1.77 bits per heavy atom. The average Bonchev–Trinajstić information content (AvgIpc) is 3.14. The van der Waals surface area contributed by atoms with Gasteiger partial charge in [-0.3, -0.25) is 9.59 Å². The van der Waals surface area contributed by atoms with Crippen molar-refractivity contribution in [3.8, 4) is 11.3 Å². The minimum absolute atomic E-state index is 0.00655. The monoisotopic (exact) mass is 410 g/mol. The normalized spacial score (nSPS) is 11.6. The second kappa shape index (κ2) is 9.13. The molecule has 0 aliphatic heterocycles. The summed E-state index contributed by atoms with van der Waals surface area (Å²) >= 11 is 0. The Bertz CT molecular complexity index is 1080. The van der Waals surface area contributed by atoms with Gasteiger partial charge in [-0.05, 0) is 17.7 Å². The molecule has 0 saturated heterocycles. The summed E-state index contributed by atoms with van der Waals surface area (Å²) in [6.45, 7) is 1.52. The fourth-order valence-corrected chi connectivity index (χ4v) is 2.94. The number of nitrogens with zero attached hydrogens (tertiary/aromatic N) is 1. The molecule has 0 aliphatic carbocycles. The van der Waals surface area contributed by atoms with Crippen molar-refractivity contribution in [1.82, 2.24) is 10.3 Å². The van der Waals surface area contributed by atoms with E-state index in [1.165, 1.54) is 25.1 Å². The van der Waals surface area contributed by atoms with E-state index in [2.05, 4.69) is 15.0 Å². The van der Waals surface area contributed by atoms with Crippen LogP contribution in [-0.2, 0) is 20.7 Å². The third kappa shape index (κ3) is 4.60. The summed E-state index contributed by atoms with van der Waals surface area (Å²) < 4.78 is 24.1. The number of oxazole rings is 1. The van der Waals surface area contributed by atoms with Crippen LogP contribution >= 0.6 is 0 Å². The standard InChI is InChI=1S/C22H19FN2O5/c1-13-24-18(15-10-6-7-11-16(15)23)20(30-13)21(27)25-17(19(26)22(28)29-2)12-14-8-4-3-5-9-14/h3-11,17H,12H2,1-2H3,(H,25,27). The molecule has 1 unspecified atom stereocenters. The first-order valence-corrected chi connectivity index (χ1v) is 9.10. The zero-order valence-electron chi connectivity index (χ0n) is 16.3. The number of rotatable bonds is 7. The molecule has 1 amide bonds. The second-order valence-corrected chi connectivity index (χ2v) is 6.46. The molecule has 0 aliphatic rings. The summed E-state index contributed by atoms with van der Waals surface area (Å²) in [6, 6.07) is 13.5. The van der Waals surface area contributed by atoms with Crippen molar-refractivity contribution in [2.45, 2.75) is 19.4 Å². The van der Waals surface area contributed by atoms with Crippen LogP contribution in [0.3, 0.4) is 0 Å². The Morgan fingerprint density at radius 1 is 1.10 bits per heavy atom. The highest BCUT2D eigenvalue weighted by atomic mass is 19.1. The Balaban J connectivity index is 1.92. The highest BCUT2D eigenvalue weighted by Gasteiger charge is 2.31. The summed E-state index contributed by atoms with van der Waals surface area (Å²) in [7, 11) is 1.08. The average molecular weight is 410 g/mol. The predicted molar refractivity (Wildman–Crippen MR) is 105 cm³/mol. The number of esters is 1. The number of hydrogen-bond donors (Lipinski definition) is 1. The SMILES string of the molecule is COC(=O)C(=O)C(Cc1ccccc1)NC(=O)c1oc(C)nc1-c1ccccc1F. The number of carbonyl (C=O) groups excluding carboxylic acids is 3. The maximum atomic E-state index is 14.2. The fourth-order valence-electron chi connectivity index (χ4n) is 2.94. The summed E-state index contributed by atoms with van der Waals surface area (Å²) in [5.41, 5.74) is 0.814. The maximum absolute atomic E-state index is 14.2. The highest BCUT2D eigenvalue weighted by Crippen LogP contribution is 2.26. The van der Waals surface area contributed by atoms with E-state index in [-0.39, 0.29) is 29.3 Å². The number of carbonyl (C=O) groups is 3. The van der Waals surface area contributed by atoms with Crippen LogP contribution in [-0.4, -0.2) is 35.8 Å². The summed E-state index contributed by atoms with van der Waals surface area (Å²) in [4.78, 5) is 41.3. The van der Waals surface area contributed by atoms with E-state index >= 15 is 0 Å². The molecule has 7 nitrogen and oxygen atoms in total. The van der Waals surface area contributed by atoms with Crippen LogP contribution in [0.15, 0.2) is 59.0 Å². The lowest BCUT2D eigenvalue weighted by Crippen LogP contribution is -2.45. The van der Waals surface area contributed by atoms with Crippen LogP contribution in [0.4, 0.5) is 4.39 Å². The molecule has 3 aromatic rings. The number of aromatic nitrogens is 1. The highest BCUT2D eigenvalue weighted by molar-refractivity contribution is 6.36. The van der Waals surface area contributed by atoms with E-state index in [4.69, 9.17) is 4.42 Å². The topological polar surface area (TPSA) is 98.5 Å². The van der Waals surface area contributed by atoms with Gasteiger partial charge in [0.05, 0.1) is 7.11 Å². The van der Waals surface area contributed by atoms with Crippen molar-refractivity contribution < 1.29 is 27.9 Å². The minimum Gasteiger partial charge on any atom is -0.463 e. The molecule has 30 heavy (non-hydrogen) atoms. The molecular formula is C22H19FN2O5. The largest absolute Gasteiger partial charge is 0.463 e. The maximum Gasteiger partial charge on any atom is 0.376 e. The number of halogens is 1. The molecule has 1 atom stereocenters. The number of hydrogen-bond acceptors (Lipinski definition) is 6. The first kappa shape index (κ1) is 20.9. The van der Waals surface area contributed by atoms with Gasteiger partial charge in [-0.2, -0.15) is 0 Å². The molecule has 0 radical (unpaired) electrons. The number of amides is 1. The lowest BCUT2D eigenvalue weighted by molar-refractivity contribution is -0.152. The number of aryl methyl sites for hydroxylation is 1. The summed E-state index contributed by atoms with van der Waals surface area (Å²) in [5, 5.41) is 2.49. The van der Waals surface area contributed by atoms with E-state index in [1.807, 2.05) is 0 Å². The zero-order chi connectivity index (χ0) is 21.7. The molecular weight excluding hydrogens is 391 g/mol. The number of nitrogens with one attached hydrogen (secondary N) is 1. The van der Waals surface area contributed by atoms with Crippen molar-refractivity contribution in [1.29, 1.82) is 0 Å². The van der Waals surface area contributed by atoms with Crippen LogP contribution in [0.25, 0.3) is 11.3 Å². The summed E-state index contributed by atoms with van der Waals surface area (Å²) in [6.07, 6.45) is 0.0582. The number of benzene rings is 2. The van der Waals surface area contributed by atoms with Crippen molar-refractivity contribution in [2.24, 2.45) is 0 Å². The molecule has 0 spiro atoms. The molecule has 8 heteroatoms. The molecule has 154 valence electrons. The van der Waals surface area contributed by atoms with Crippen molar-refractivity contribution >= 4 is 17.7 Å². The fraction of sp³-hybridized carbons (Fsp3) is 0.182. The van der Waals surface area contributed by atoms with Crippen LogP contribution in [0.2, 0.25) is 0 Å². The third-order valence-electron chi connectivity index (χ3n) is 4.36. The smallest absolute Gasteiger partial charge is 0.376 e. The Morgan fingerprint density at radius 3 is 2.43 bits per heavy atom. The lowest BCUT2D eigenvalue weighted by atomic mass is 10.0. The van der Waals surface area contributed by atoms with E-state index in [0.717, 1.165) is 12.7 Å². The van der Waals surface area contributed by atoms with Crippen molar-refractivity contribution in [3.63, 3.8) is 0 Å². The zero-order valence-corrected chi connectivity index (χ0v) is 16.3. The third-order valence-corrected chi connectivity index (χ3v) is 4.36. The molecule has 0 bridgehead atoms. The molecule has 1 N–H and O–H groups in total. The van der Waals surface area contributed by atoms with Gasteiger partial charge in [-0.25, -0.2) is 14.2 Å². The number of methoxy groups -OCH3 is 1. The lowest BCUT2D eigenvalue weighted by Gasteiger charge is -2.16. The van der Waals surface area contributed by atoms with Gasteiger partial charge in [-0.15, -0.1) is 0 Å². The number of ether oxygens (including phenoxy) is 1. The van der Waals surface area contributed by atoms with Crippen LogP contribution in [0, 0.1) is 12.7 Å². The van der Waals surface area contributed by atoms with Crippen LogP contribution in [0.5, 0.6) is 0 Å². The quantitative estimate of drug-likeness (QED) is 0.475. The summed E-state index contributed by atoms with van der Waals surface area (Å²) in [5.74, 6) is -3.48. The molecule has 3 rings (SSSR count). The molecule has 0 saturated carbocycles. The predicted octanol–water partition coefficient (Wildman–Crippen LogP) is 2.87. The van der Waals surface area contributed by atoms with Gasteiger partial charge in [0.15, 0.2) is 5.89 Å². The molecule has 2 aromatic carbocycles. The van der Waals surface area contributed by atoms with E-state index in [1.54, 1.807) is 36.4 Å². The van der Waals surface area contributed by atoms with E-state index in [9.17, 15) is 18.8 Å². The van der Waals surface area contributed by atoms with Crippen molar-refractivity contribution in [3.05, 3.63) is 77.6 Å². The first-order chi connectivity index (χ1) is 14.4. The van der Waals surface area contributed by atoms with Crippen LogP contribution < -0.4 is 5.32 Å². The van der Waals surface area contributed by atoms with E-state index in [0.29, 0.717) is 0 Å². The second-order valence-electron chi connectivity index (χ2n) is 6.46. The Labute approximate surface area is 171 Å². The molecule has 1 aromatic heterocycles. The van der Waals surface area contributed by atoms with Crippen LogP contribution in [0.1, 0.15) is 22.0 Å². The van der Waals surface area contributed by atoms with Gasteiger partial charge in [0, 0.05) is 18.9 Å². The van der Waals surface area contributed by atoms with Gasteiger partial charge in [-0.1, -0.05) is 42.5 Å².